The molecule has 0 radical (unpaired) electrons. The fourth-order valence-electron chi connectivity index (χ4n) is 3.19. The van der Waals surface area contributed by atoms with Crippen molar-refractivity contribution >= 4 is 34.1 Å². The van der Waals surface area contributed by atoms with Crippen LogP contribution in [0, 0.1) is 5.92 Å². The number of thioether (sulfide) groups is 1. The summed E-state index contributed by atoms with van der Waals surface area (Å²) in [5.74, 6) is 1.91. The van der Waals surface area contributed by atoms with Crippen molar-refractivity contribution in [3.05, 3.63) is 30.4 Å². The first kappa shape index (κ1) is 19.9. The van der Waals surface area contributed by atoms with Gasteiger partial charge >= 0.3 is 0 Å². The van der Waals surface area contributed by atoms with E-state index in [0.717, 1.165) is 35.0 Å². The highest BCUT2D eigenvalue weighted by molar-refractivity contribution is 8.01. The first-order valence-electron chi connectivity index (χ1n) is 9.43. The molecule has 4 heterocycles. The van der Waals surface area contributed by atoms with E-state index in [1.165, 1.54) is 11.3 Å². The molecule has 3 aromatic heterocycles. The van der Waals surface area contributed by atoms with Crippen LogP contribution < -0.4 is 5.32 Å². The summed E-state index contributed by atoms with van der Waals surface area (Å²) in [7, 11) is 0. The Morgan fingerprint density at radius 2 is 2.24 bits per heavy atom. The van der Waals surface area contributed by atoms with Crippen LogP contribution in [0.4, 0.5) is 5.13 Å². The summed E-state index contributed by atoms with van der Waals surface area (Å²) >= 11 is 3.03. The largest absolute Gasteiger partial charge is 0.338 e. The zero-order chi connectivity index (χ0) is 20.1. The minimum Gasteiger partial charge on any atom is -0.338 e. The van der Waals surface area contributed by atoms with Gasteiger partial charge in [0.1, 0.15) is 0 Å². The van der Waals surface area contributed by atoms with Gasteiger partial charge in [0.15, 0.2) is 4.34 Å². The molecule has 4 rings (SSSR count). The van der Waals surface area contributed by atoms with Gasteiger partial charge in [-0.25, -0.2) is 0 Å². The molecule has 0 aliphatic carbocycles. The van der Waals surface area contributed by atoms with Crippen LogP contribution in [-0.4, -0.2) is 55.0 Å². The average molecular weight is 432 g/mol. The summed E-state index contributed by atoms with van der Waals surface area (Å²) in [4.78, 5) is 23.3. The van der Waals surface area contributed by atoms with E-state index in [1.54, 1.807) is 24.2 Å². The quantitative estimate of drug-likeness (QED) is 0.446. The Hall–Kier alpha value is -2.37. The van der Waals surface area contributed by atoms with E-state index >= 15 is 0 Å². The number of carbonyl (C=O) groups is 1. The number of likely N-dealkylation sites (tertiary alicyclic amines) is 1. The predicted molar refractivity (Wildman–Crippen MR) is 110 cm³/mol. The second-order valence-corrected chi connectivity index (χ2v) is 9.11. The Morgan fingerprint density at radius 3 is 3.07 bits per heavy atom. The van der Waals surface area contributed by atoms with Gasteiger partial charge in [0.05, 0.1) is 12.5 Å². The second kappa shape index (κ2) is 9.42. The summed E-state index contributed by atoms with van der Waals surface area (Å²) in [5, 5.41) is 15.6. The molecule has 0 aromatic carbocycles. The molecule has 9 nitrogen and oxygen atoms in total. The summed E-state index contributed by atoms with van der Waals surface area (Å²) in [6.07, 6.45) is 5.18. The highest BCUT2D eigenvalue weighted by Crippen LogP contribution is 2.26. The third-order valence-electron chi connectivity index (χ3n) is 4.55. The van der Waals surface area contributed by atoms with Gasteiger partial charge in [-0.15, -0.1) is 10.2 Å². The molecule has 0 saturated carbocycles. The highest BCUT2D eigenvalue weighted by Gasteiger charge is 2.27. The molecule has 1 N–H and O–H groups in total. The fourth-order valence-corrected chi connectivity index (χ4v) is 4.84. The van der Waals surface area contributed by atoms with Crippen LogP contribution in [0.5, 0.6) is 0 Å². The predicted octanol–water partition coefficient (Wildman–Crippen LogP) is 2.95. The van der Waals surface area contributed by atoms with Crippen LogP contribution in [0.3, 0.4) is 0 Å². The molecule has 1 saturated heterocycles. The van der Waals surface area contributed by atoms with Gasteiger partial charge < -0.3 is 9.84 Å². The zero-order valence-corrected chi connectivity index (χ0v) is 17.6. The van der Waals surface area contributed by atoms with Crippen LogP contribution in [0.25, 0.3) is 11.4 Å². The number of aromatic nitrogens is 5. The Morgan fingerprint density at radius 1 is 1.38 bits per heavy atom. The normalized spacial score (nSPS) is 17.3. The smallest absolute Gasteiger partial charge is 0.241 e. The molecule has 1 aliphatic rings. The Balaban J connectivity index is 1.33. The fraction of sp³-hybridized carbons (Fsp3) is 0.444. The van der Waals surface area contributed by atoms with E-state index in [1.807, 2.05) is 12.1 Å². The number of carbonyl (C=O) groups excluding carboxylic acids is 1. The van der Waals surface area contributed by atoms with Gasteiger partial charge in [0.2, 0.25) is 22.8 Å². The maximum atomic E-state index is 12.7. The minimum absolute atomic E-state index is 0.0121. The van der Waals surface area contributed by atoms with Crippen molar-refractivity contribution in [1.82, 2.24) is 30.2 Å². The lowest BCUT2D eigenvalue weighted by atomic mass is 9.97. The van der Waals surface area contributed by atoms with E-state index < -0.39 is 0 Å². The summed E-state index contributed by atoms with van der Waals surface area (Å²) < 4.78 is 6.27. The summed E-state index contributed by atoms with van der Waals surface area (Å²) in [6, 6.07) is 3.68. The zero-order valence-electron chi connectivity index (χ0n) is 15.9. The highest BCUT2D eigenvalue weighted by atomic mass is 32.2. The Kier molecular flexibility index (Phi) is 6.47. The lowest BCUT2D eigenvalue weighted by Crippen LogP contribution is -2.40. The number of hydrogen-bond acceptors (Lipinski definition) is 10. The van der Waals surface area contributed by atoms with Gasteiger partial charge in [-0.1, -0.05) is 35.2 Å². The van der Waals surface area contributed by atoms with Crippen LogP contribution in [-0.2, 0) is 11.3 Å². The standard InChI is InChI=1S/C18H21N7O2S2/c1-2-28-18-23-22-17(29-18)21-16(26)13-4-3-9-25(10-13)11-14-20-15(24-27-14)12-5-7-19-8-6-12/h5-8,13H,2-4,9-11H2,1H3,(H,21,22,26)/t13-/m1/s1. The van der Waals surface area contributed by atoms with E-state index in [-0.39, 0.29) is 11.8 Å². The molecular formula is C18H21N7O2S2. The Labute approximate surface area is 176 Å². The average Bonchev–Trinajstić information content (AvgIpc) is 3.39. The molecule has 3 aromatic rings. The molecule has 1 fully saturated rings. The van der Waals surface area contributed by atoms with Crippen LogP contribution in [0.15, 0.2) is 33.4 Å². The number of piperidine rings is 1. The summed E-state index contributed by atoms with van der Waals surface area (Å²) in [5.41, 5.74) is 0.864. The van der Waals surface area contributed by atoms with E-state index in [0.29, 0.717) is 29.9 Å². The van der Waals surface area contributed by atoms with E-state index in [9.17, 15) is 4.79 Å². The second-order valence-electron chi connectivity index (χ2n) is 6.62. The van der Waals surface area contributed by atoms with Crippen molar-refractivity contribution in [2.24, 2.45) is 5.92 Å². The monoisotopic (exact) mass is 431 g/mol. The molecule has 1 atom stereocenters. The molecule has 152 valence electrons. The first-order chi connectivity index (χ1) is 14.2. The molecule has 1 amide bonds. The molecule has 1 aliphatic heterocycles. The topological polar surface area (TPSA) is 110 Å². The summed E-state index contributed by atoms with van der Waals surface area (Å²) in [6.45, 7) is 4.13. The number of nitrogens with one attached hydrogen (secondary N) is 1. The third kappa shape index (κ3) is 5.17. The number of anilines is 1. The molecule has 0 unspecified atom stereocenters. The molecule has 29 heavy (non-hydrogen) atoms. The van der Waals surface area contributed by atoms with Gasteiger partial charge in [-0.05, 0) is 37.3 Å². The van der Waals surface area contributed by atoms with Crippen molar-refractivity contribution in [2.45, 2.75) is 30.6 Å². The van der Waals surface area contributed by atoms with Gasteiger partial charge in [0.25, 0.3) is 0 Å². The SMILES string of the molecule is CCSc1nnc(NC(=O)[C@@H]2CCCN(Cc3nc(-c4ccncc4)no3)C2)s1. The maximum Gasteiger partial charge on any atom is 0.241 e. The van der Waals surface area contributed by atoms with E-state index in [4.69, 9.17) is 4.52 Å². The maximum absolute atomic E-state index is 12.7. The number of pyridine rings is 1. The molecule has 11 heteroatoms. The number of nitrogens with zero attached hydrogens (tertiary/aromatic N) is 6. The first-order valence-corrected chi connectivity index (χ1v) is 11.2. The van der Waals surface area contributed by atoms with Crippen LogP contribution in [0.2, 0.25) is 0 Å². The molecular weight excluding hydrogens is 410 g/mol. The van der Waals surface area contributed by atoms with Gasteiger partial charge in [-0.3, -0.25) is 14.7 Å². The number of amides is 1. The van der Waals surface area contributed by atoms with Crippen molar-refractivity contribution in [2.75, 3.05) is 24.2 Å². The molecule has 0 bridgehead atoms. The lowest BCUT2D eigenvalue weighted by molar-refractivity contribution is -0.121. The van der Waals surface area contributed by atoms with Crippen molar-refractivity contribution in [1.29, 1.82) is 0 Å². The number of rotatable bonds is 7. The number of hydrogen-bond donors (Lipinski definition) is 1. The van der Waals surface area contributed by atoms with Crippen molar-refractivity contribution in [3.8, 4) is 11.4 Å². The van der Waals surface area contributed by atoms with Crippen LogP contribution >= 0.6 is 23.1 Å². The minimum atomic E-state index is -0.0995. The van der Waals surface area contributed by atoms with Gasteiger partial charge in [0, 0.05) is 24.5 Å². The van der Waals surface area contributed by atoms with Crippen molar-refractivity contribution < 1.29 is 9.32 Å². The third-order valence-corrected chi connectivity index (χ3v) is 6.40. The lowest BCUT2D eigenvalue weighted by Gasteiger charge is -2.30. The Bertz CT molecular complexity index is 947. The molecule has 0 spiro atoms. The van der Waals surface area contributed by atoms with Crippen LogP contribution in [0.1, 0.15) is 25.7 Å². The van der Waals surface area contributed by atoms with Gasteiger partial charge in [-0.2, -0.15) is 4.98 Å². The van der Waals surface area contributed by atoms with E-state index in [2.05, 4.69) is 42.5 Å². The van der Waals surface area contributed by atoms with Crippen molar-refractivity contribution in [3.63, 3.8) is 0 Å².